The minimum absolute atomic E-state index is 0.0446. The number of fused-ring (bicyclic) bond motifs is 3. The van der Waals surface area contributed by atoms with Crippen LogP contribution in [0.1, 0.15) is 11.1 Å². The van der Waals surface area contributed by atoms with Crippen molar-refractivity contribution in [2.75, 3.05) is 45.3 Å². The van der Waals surface area contributed by atoms with Crippen molar-refractivity contribution in [3.05, 3.63) is 35.3 Å². The molecule has 1 amide bonds. The number of ketones is 2. The summed E-state index contributed by atoms with van der Waals surface area (Å²) in [7, 11) is 3.23. The van der Waals surface area contributed by atoms with Crippen molar-refractivity contribution in [2.24, 2.45) is 29.4 Å². The summed E-state index contributed by atoms with van der Waals surface area (Å²) in [6, 6.07) is 2.49. The van der Waals surface area contributed by atoms with Gasteiger partial charge in [-0.05, 0) is 25.7 Å². The quantitative estimate of drug-likeness (QED) is 0.318. The molecule has 4 aliphatic rings. The smallest absolute Gasteiger partial charge is 0.230 e. The molecule has 2 unspecified atom stereocenters. The van der Waals surface area contributed by atoms with Gasteiger partial charge in [-0.2, -0.15) is 0 Å². The molecular formula is C25H30N3O8. The molecule has 5 rings (SSSR count). The molecule has 3 aliphatic carbocycles. The van der Waals surface area contributed by atoms with Crippen molar-refractivity contribution in [3.8, 4) is 5.75 Å². The first-order valence-electron chi connectivity index (χ1n) is 11.9. The van der Waals surface area contributed by atoms with E-state index in [1.807, 2.05) is 4.90 Å². The van der Waals surface area contributed by atoms with Crippen LogP contribution in [0.3, 0.4) is 0 Å². The van der Waals surface area contributed by atoms with E-state index < -0.39 is 65.2 Å². The Kier molecular flexibility index (Phi) is 6.06. The minimum atomic E-state index is -1.63. The number of benzene rings is 1. The molecule has 6 N–H and O–H groups in total. The summed E-state index contributed by atoms with van der Waals surface area (Å²) in [6.45, 7) is 2.03. The molecule has 1 aromatic carbocycles. The molecule has 3 fully saturated rings. The molecule has 1 radical (unpaired) electrons. The maximum absolute atomic E-state index is 13.8. The Balaban J connectivity index is 1.63. The van der Waals surface area contributed by atoms with Crippen LogP contribution in [0.4, 0.5) is 5.69 Å². The second-order valence-electron chi connectivity index (χ2n) is 10.1. The summed E-state index contributed by atoms with van der Waals surface area (Å²) in [5.41, 5.74) is 6.16. The van der Waals surface area contributed by atoms with Gasteiger partial charge in [-0.15, -0.1) is 0 Å². The van der Waals surface area contributed by atoms with E-state index in [1.54, 1.807) is 37.5 Å². The second kappa shape index (κ2) is 8.84. The molecular weight excluding hydrogens is 470 g/mol. The van der Waals surface area contributed by atoms with E-state index in [0.717, 1.165) is 0 Å². The third-order valence-corrected chi connectivity index (χ3v) is 8.02. The van der Waals surface area contributed by atoms with Gasteiger partial charge in [0.1, 0.15) is 17.4 Å². The highest BCUT2D eigenvalue weighted by Crippen LogP contribution is 2.52. The molecule has 11 heteroatoms. The summed E-state index contributed by atoms with van der Waals surface area (Å²) >= 11 is 0. The fraction of sp³-hybridized carbons (Fsp3) is 0.520. The lowest BCUT2D eigenvalue weighted by atomic mass is 9.55. The predicted octanol–water partition coefficient (Wildman–Crippen LogP) is -1.17. The van der Waals surface area contributed by atoms with Gasteiger partial charge in [-0.3, -0.25) is 14.4 Å². The number of rotatable bonds is 3. The Morgan fingerprint density at radius 2 is 1.78 bits per heavy atom. The van der Waals surface area contributed by atoms with Crippen molar-refractivity contribution in [2.45, 2.75) is 18.2 Å². The van der Waals surface area contributed by atoms with Crippen LogP contribution in [0.15, 0.2) is 17.7 Å². The molecule has 36 heavy (non-hydrogen) atoms. The molecule has 1 saturated heterocycles. The van der Waals surface area contributed by atoms with Crippen LogP contribution in [0.25, 0.3) is 5.76 Å². The number of carbonyl (C=O) groups excluding carboxylic acids is 3. The number of Topliss-reactive ketones (excluding diaryl/α,β-unsaturated/α-hetero) is 2. The molecule has 7 atom stereocenters. The zero-order chi connectivity index (χ0) is 26.0. The number of aliphatic hydroxyl groups is 3. The highest BCUT2D eigenvalue weighted by atomic mass is 16.5. The molecule has 193 valence electrons. The monoisotopic (exact) mass is 500 g/mol. The number of nitrogens with zero attached hydrogens (tertiary/aromatic N) is 2. The Morgan fingerprint density at radius 1 is 1.11 bits per heavy atom. The molecule has 1 heterocycles. The largest absolute Gasteiger partial charge is 0.507 e. The number of morpholine rings is 1. The van der Waals surface area contributed by atoms with Crippen LogP contribution in [0.5, 0.6) is 5.75 Å². The van der Waals surface area contributed by atoms with Gasteiger partial charge in [-0.25, -0.2) is 0 Å². The van der Waals surface area contributed by atoms with E-state index in [-0.39, 0.29) is 16.9 Å². The maximum Gasteiger partial charge on any atom is 0.230 e. The summed E-state index contributed by atoms with van der Waals surface area (Å²) in [4.78, 5) is 42.6. The molecule has 1 aliphatic heterocycles. The lowest BCUT2D eigenvalue weighted by Gasteiger charge is -2.52. The number of ether oxygens (including phenoxy) is 1. The predicted molar refractivity (Wildman–Crippen MR) is 127 cm³/mol. The first-order valence-corrected chi connectivity index (χ1v) is 11.9. The van der Waals surface area contributed by atoms with E-state index in [4.69, 9.17) is 10.5 Å². The Labute approximate surface area is 207 Å². The van der Waals surface area contributed by atoms with E-state index in [1.165, 1.54) is 0 Å². The van der Waals surface area contributed by atoms with E-state index in [2.05, 4.69) is 0 Å². The van der Waals surface area contributed by atoms with Crippen molar-refractivity contribution in [1.82, 2.24) is 4.90 Å². The number of phenolic OH excluding ortho intramolecular Hbond substituents is 1. The maximum atomic E-state index is 13.8. The molecule has 0 bridgehead atoms. The third kappa shape index (κ3) is 3.45. The lowest BCUT2D eigenvalue weighted by molar-refractivity contribution is -0.165. The highest BCUT2D eigenvalue weighted by molar-refractivity contribution is 6.19. The Morgan fingerprint density at radius 3 is 2.39 bits per heavy atom. The van der Waals surface area contributed by atoms with Crippen molar-refractivity contribution in [3.63, 3.8) is 0 Å². The summed E-state index contributed by atoms with van der Waals surface area (Å²) in [5, 5.41) is 44.7. The number of amides is 1. The van der Waals surface area contributed by atoms with Gasteiger partial charge < -0.3 is 40.7 Å². The van der Waals surface area contributed by atoms with Crippen molar-refractivity contribution in [1.29, 1.82) is 0 Å². The van der Waals surface area contributed by atoms with Crippen molar-refractivity contribution < 1.29 is 39.5 Å². The van der Waals surface area contributed by atoms with Crippen LogP contribution in [0.2, 0.25) is 0 Å². The average Bonchev–Trinajstić information content (AvgIpc) is 2.82. The number of primary amides is 1. The molecule has 2 saturated carbocycles. The van der Waals surface area contributed by atoms with Gasteiger partial charge in [0.15, 0.2) is 11.6 Å². The number of likely N-dealkylation sites (N-methyl/N-ethyl adjacent to an activating group) is 1. The van der Waals surface area contributed by atoms with Crippen molar-refractivity contribution >= 4 is 28.9 Å². The van der Waals surface area contributed by atoms with Gasteiger partial charge in [-0.1, -0.05) is 6.07 Å². The van der Waals surface area contributed by atoms with E-state index >= 15 is 0 Å². The molecule has 0 spiro atoms. The van der Waals surface area contributed by atoms with Gasteiger partial charge >= 0.3 is 0 Å². The fourth-order valence-electron chi connectivity index (χ4n) is 6.40. The van der Waals surface area contributed by atoms with E-state index in [9.17, 15) is 34.8 Å². The fourth-order valence-corrected chi connectivity index (χ4v) is 6.40. The Bertz CT molecular complexity index is 1160. The van der Waals surface area contributed by atoms with Crippen LogP contribution < -0.4 is 10.6 Å². The summed E-state index contributed by atoms with van der Waals surface area (Å²) in [5.74, 6) is -8.54. The number of nitrogens with two attached hydrogens (primary N) is 1. The van der Waals surface area contributed by atoms with Gasteiger partial charge in [0.05, 0.1) is 42.6 Å². The van der Waals surface area contributed by atoms with Crippen LogP contribution >= 0.6 is 0 Å². The number of aromatic hydroxyl groups is 1. The normalized spacial score (nSPS) is 34.4. The zero-order valence-corrected chi connectivity index (χ0v) is 20.0. The van der Waals surface area contributed by atoms with Crippen LogP contribution in [-0.2, 0) is 19.1 Å². The molecule has 1 aromatic rings. The van der Waals surface area contributed by atoms with Crippen LogP contribution in [-0.4, -0.2) is 101 Å². The van der Waals surface area contributed by atoms with Gasteiger partial charge in [0.25, 0.3) is 0 Å². The average molecular weight is 501 g/mol. The number of carbonyl (C=O) groups is 3. The summed E-state index contributed by atoms with van der Waals surface area (Å²) in [6.07, 6.45) is -1.25. The number of hydrogen-bond donors (Lipinski definition) is 5. The first kappa shape index (κ1) is 24.7. The Hall–Kier alpha value is -2.99. The lowest BCUT2D eigenvalue weighted by Crippen LogP contribution is -2.68. The minimum Gasteiger partial charge on any atom is -0.507 e. The molecule has 0 aromatic heterocycles. The number of anilines is 1. The van der Waals surface area contributed by atoms with Gasteiger partial charge in [0, 0.05) is 43.0 Å². The SMILES string of the molecule is CN(C)[C@H]1C(O)C(C(N)=O)C(=O)[C@@H]2C(=O)C3=C(O)c4c(ccc(N5CCOCC5)c4O)[CH][C@@H]3[C@@H](O)[C@@H]21. The van der Waals surface area contributed by atoms with E-state index in [0.29, 0.717) is 37.6 Å². The highest BCUT2D eigenvalue weighted by Gasteiger charge is 2.62. The number of phenols is 1. The first-order chi connectivity index (χ1) is 17.1. The standard InChI is InChI=1S/C25H30N3O8/c1-27(2)18-15-16(23(33)17(24(18)34)25(26)35)22(32)14-11(19(15)29)9-10-3-4-12(20(30)13(10)21(14)31)28-5-7-36-8-6-28/h3-4,9,11,15-19,24,29-31,34H,5-8H2,1-2H3,(H2,26,35)/t11-,15-,16-,17?,18+,19+,24?/m0/s1. The summed E-state index contributed by atoms with van der Waals surface area (Å²) < 4.78 is 5.36. The van der Waals surface area contributed by atoms with Crippen LogP contribution in [0, 0.1) is 30.1 Å². The topological polar surface area (TPSA) is 174 Å². The zero-order valence-electron chi connectivity index (χ0n) is 20.0. The molecule has 11 nitrogen and oxygen atoms in total. The number of hydrogen-bond acceptors (Lipinski definition) is 10. The number of aliphatic hydroxyl groups excluding tert-OH is 3. The second-order valence-corrected chi connectivity index (χ2v) is 10.1. The van der Waals surface area contributed by atoms with Gasteiger partial charge in [0.2, 0.25) is 5.91 Å². The third-order valence-electron chi connectivity index (χ3n) is 8.02.